The van der Waals surface area contributed by atoms with Gasteiger partial charge in [0.1, 0.15) is 5.75 Å². The maximum absolute atomic E-state index is 6.02. The van der Waals surface area contributed by atoms with Crippen molar-refractivity contribution in [1.29, 1.82) is 0 Å². The summed E-state index contributed by atoms with van der Waals surface area (Å²) >= 11 is 0. The molecule has 0 saturated carbocycles. The SMILES string of the molecule is CCCCOc1ccc(CN2CCC(N)CC2C)cc1.Cl. The second kappa shape index (κ2) is 9.29. The maximum Gasteiger partial charge on any atom is 0.119 e. The van der Waals surface area contributed by atoms with Gasteiger partial charge in [-0.25, -0.2) is 0 Å². The van der Waals surface area contributed by atoms with E-state index in [0.717, 1.165) is 44.7 Å². The molecule has 2 atom stereocenters. The van der Waals surface area contributed by atoms with Crippen molar-refractivity contribution in [2.75, 3.05) is 13.2 Å². The van der Waals surface area contributed by atoms with Crippen LogP contribution in [0.15, 0.2) is 24.3 Å². The minimum atomic E-state index is 0. The molecule has 0 aliphatic carbocycles. The van der Waals surface area contributed by atoms with E-state index >= 15 is 0 Å². The van der Waals surface area contributed by atoms with Crippen LogP contribution >= 0.6 is 12.4 Å². The lowest BCUT2D eigenvalue weighted by Gasteiger charge is -2.36. The fourth-order valence-electron chi connectivity index (χ4n) is 2.75. The topological polar surface area (TPSA) is 38.5 Å². The average molecular weight is 313 g/mol. The van der Waals surface area contributed by atoms with Crippen molar-refractivity contribution in [1.82, 2.24) is 4.90 Å². The number of nitrogens with zero attached hydrogens (tertiary/aromatic N) is 1. The lowest BCUT2D eigenvalue weighted by atomic mass is 9.98. The van der Waals surface area contributed by atoms with Gasteiger partial charge in [-0.1, -0.05) is 25.5 Å². The van der Waals surface area contributed by atoms with Gasteiger partial charge in [0, 0.05) is 25.2 Å². The number of nitrogens with two attached hydrogens (primary N) is 1. The van der Waals surface area contributed by atoms with Crippen molar-refractivity contribution in [2.45, 2.75) is 58.2 Å². The zero-order valence-electron chi connectivity index (χ0n) is 13.3. The molecule has 1 saturated heterocycles. The molecule has 0 aromatic heterocycles. The van der Waals surface area contributed by atoms with Gasteiger partial charge < -0.3 is 10.5 Å². The van der Waals surface area contributed by atoms with Crippen LogP contribution in [0.2, 0.25) is 0 Å². The molecule has 0 radical (unpaired) electrons. The summed E-state index contributed by atoms with van der Waals surface area (Å²) in [6.07, 6.45) is 4.52. The molecule has 2 rings (SSSR count). The molecule has 1 aromatic rings. The highest BCUT2D eigenvalue weighted by Crippen LogP contribution is 2.20. The van der Waals surface area contributed by atoms with Crippen molar-refractivity contribution >= 4 is 12.4 Å². The molecule has 1 aromatic carbocycles. The monoisotopic (exact) mass is 312 g/mol. The Balaban J connectivity index is 0.00000220. The standard InChI is InChI=1S/C17H28N2O.ClH/c1-3-4-11-20-17-7-5-15(6-8-17)13-19-10-9-16(18)12-14(19)2;/h5-8,14,16H,3-4,9-13,18H2,1-2H3;1H. The quantitative estimate of drug-likeness (QED) is 0.816. The van der Waals surface area contributed by atoms with Crippen molar-refractivity contribution in [2.24, 2.45) is 5.73 Å². The molecule has 0 spiro atoms. The predicted molar refractivity (Wildman–Crippen MR) is 91.2 cm³/mol. The second-order valence-electron chi connectivity index (χ2n) is 5.95. The predicted octanol–water partition coefficient (Wildman–Crippen LogP) is 3.60. The van der Waals surface area contributed by atoms with E-state index in [4.69, 9.17) is 10.5 Å². The van der Waals surface area contributed by atoms with E-state index < -0.39 is 0 Å². The first-order chi connectivity index (χ1) is 9.69. The van der Waals surface area contributed by atoms with Gasteiger partial charge in [-0.05, 0) is 43.9 Å². The highest BCUT2D eigenvalue weighted by molar-refractivity contribution is 5.85. The first-order valence-electron chi connectivity index (χ1n) is 7.90. The number of likely N-dealkylation sites (tertiary alicyclic amines) is 1. The molecule has 1 heterocycles. The Morgan fingerprint density at radius 3 is 2.62 bits per heavy atom. The van der Waals surface area contributed by atoms with E-state index in [1.165, 1.54) is 12.0 Å². The van der Waals surface area contributed by atoms with Crippen LogP contribution in [-0.2, 0) is 6.54 Å². The van der Waals surface area contributed by atoms with Crippen molar-refractivity contribution in [3.05, 3.63) is 29.8 Å². The summed E-state index contributed by atoms with van der Waals surface area (Å²) in [5, 5.41) is 0. The maximum atomic E-state index is 6.02. The van der Waals surface area contributed by atoms with E-state index in [9.17, 15) is 0 Å². The normalized spacial score (nSPS) is 22.6. The zero-order chi connectivity index (χ0) is 14.4. The van der Waals surface area contributed by atoms with Crippen molar-refractivity contribution in [3.63, 3.8) is 0 Å². The van der Waals surface area contributed by atoms with Crippen LogP contribution in [0.25, 0.3) is 0 Å². The lowest BCUT2D eigenvalue weighted by molar-refractivity contribution is 0.140. The van der Waals surface area contributed by atoms with Gasteiger partial charge in [-0.15, -0.1) is 12.4 Å². The molecule has 21 heavy (non-hydrogen) atoms. The largest absolute Gasteiger partial charge is 0.494 e. The Morgan fingerprint density at radius 2 is 2.00 bits per heavy atom. The van der Waals surface area contributed by atoms with Crippen LogP contribution in [0.1, 0.15) is 45.1 Å². The Labute approximate surface area is 135 Å². The van der Waals surface area contributed by atoms with Gasteiger partial charge in [0.25, 0.3) is 0 Å². The lowest BCUT2D eigenvalue weighted by Crippen LogP contribution is -2.44. The molecular weight excluding hydrogens is 284 g/mol. The molecule has 1 aliphatic rings. The van der Waals surface area contributed by atoms with Gasteiger partial charge in [0.05, 0.1) is 6.61 Å². The fourth-order valence-corrected chi connectivity index (χ4v) is 2.75. The number of piperidine rings is 1. The molecule has 0 amide bonds. The van der Waals surface area contributed by atoms with Crippen LogP contribution in [0.3, 0.4) is 0 Å². The van der Waals surface area contributed by atoms with Crippen LogP contribution in [0.5, 0.6) is 5.75 Å². The summed E-state index contributed by atoms with van der Waals surface area (Å²) in [5.74, 6) is 0.982. The third-order valence-corrected chi connectivity index (χ3v) is 4.13. The third kappa shape index (κ3) is 5.85. The average Bonchev–Trinajstić information content (AvgIpc) is 2.44. The van der Waals surface area contributed by atoms with Gasteiger partial charge in [-0.3, -0.25) is 4.90 Å². The molecule has 120 valence electrons. The molecule has 1 aliphatic heterocycles. The summed E-state index contributed by atoms with van der Waals surface area (Å²) in [7, 11) is 0. The summed E-state index contributed by atoms with van der Waals surface area (Å²) in [6.45, 7) is 7.40. The Bertz CT molecular complexity index is 396. The van der Waals surface area contributed by atoms with Crippen molar-refractivity contribution < 1.29 is 4.74 Å². The Morgan fingerprint density at radius 1 is 1.29 bits per heavy atom. The minimum Gasteiger partial charge on any atom is -0.494 e. The van der Waals surface area contributed by atoms with Crippen LogP contribution in [-0.4, -0.2) is 30.1 Å². The molecule has 2 N–H and O–H groups in total. The van der Waals surface area contributed by atoms with Gasteiger partial charge >= 0.3 is 0 Å². The van der Waals surface area contributed by atoms with Crippen molar-refractivity contribution in [3.8, 4) is 5.75 Å². The minimum absolute atomic E-state index is 0. The summed E-state index contributed by atoms with van der Waals surface area (Å²) in [5.41, 5.74) is 7.37. The number of hydrogen-bond donors (Lipinski definition) is 1. The summed E-state index contributed by atoms with van der Waals surface area (Å²) in [6, 6.07) is 9.51. The molecule has 4 heteroatoms. The number of ether oxygens (including phenoxy) is 1. The molecule has 2 unspecified atom stereocenters. The second-order valence-corrected chi connectivity index (χ2v) is 5.95. The molecule has 3 nitrogen and oxygen atoms in total. The van der Waals surface area contributed by atoms with E-state index in [1.807, 2.05) is 0 Å². The first kappa shape index (κ1) is 18.3. The molecular formula is C17H29ClN2O. The smallest absolute Gasteiger partial charge is 0.119 e. The molecule has 0 bridgehead atoms. The Kier molecular flexibility index (Phi) is 8.09. The fraction of sp³-hybridized carbons (Fsp3) is 0.647. The zero-order valence-corrected chi connectivity index (χ0v) is 14.1. The summed E-state index contributed by atoms with van der Waals surface area (Å²) < 4.78 is 5.70. The number of rotatable bonds is 6. The van der Waals surface area contributed by atoms with Crippen LogP contribution in [0.4, 0.5) is 0 Å². The number of benzene rings is 1. The van der Waals surface area contributed by atoms with E-state index in [1.54, 1.807) is 0 Å². The van der Waals surface area contributed by atoms with Gasteiger partial charge in [0.2, 0.25) is 0 Å². The number of hydrogen-bond acceptors (Lipinski definition) is 3. The first-order valence-corrected chi connectivity index (χ1v) is 7.90. The Hall–Kier alpha value is -0.770. The van der Waals surface area contributed by atoms with Crippen LogP contribution < -0.4 is 10.5 Å². The van der Waals surface area contributed by atoms with E-state index in [2.05, 4.69) is 43.0 Å². The van der Waals surface area contributed by atoms with Gasteiger partial charge in [0.15, 0.2) is 0 Å². The highest BCUT2D eigenvalue weighted by Gasteiger charge is 2.22. The van der Waals surface area contributed by atoms with E-state index in [-0.39, 0.29) is 12.4 Å². The van der Waals surface area contributed by atoms with E-state index in [0.29, 0.717) is 12.1 Å². The summed E-state index contributed by atoms with van der Waals surface area (Å²) in [4.78, 5) is 2.52. The number of unbranched alkanes of at least 4 members (excludes halogenated alkanes) is 1. The number of halogens is 1. The highest BCUT2D eigenvalue weighted by atomic mass is 35.5. The molecule has 1 fully saturated rings. The van der Waals surface area contributed by atoms with Gasteiger partial charge in [-0.2, -0.15) is 0 Å². The van der Waals surface area contributed by atoms with Crippen LogP contribution in [0, 0.1) is 0 Å². The third-order valence-electron chi connectivity index (χ3n) is 4.13.